The monoisotopic (exact) mass is 206 g/mol. The fraction of sp³-hybridized carbons (Fsp3) is 0.667. The van der Waals surface area contributed by atoms with Crippen LogP contribution in [0.3, 0.4) is 0 Å². The molecule has 0 N–H and O–H groups in total. The Morgan fingerprint density at radius 1 is 1.20 bits per heavy atom. The molecule has 0 aromatic carbocycles. The number of carbonyl (C=O) groups is 2. The van der Waals surface area contributed by atoms with Crippen LogP contribution < -0.4 is 0 Å². The number of allylic oxidation sites excluding steroid dienone is 1. The zero-order valence-corrected chi connectivity index (χ0v) is 8.57. The van der Waals surface area contributed by atoms with Gasteiger partial charge in [-0.25, -0.2) is 4.79 Å². The quantitative estimate of drug-likeness (QED) is 0.448. The molecule has 3 rings (SSSR count). The molecule has 0 amide bonds. The van der Waals surface area contributed by atoms with E-state index >= 15 is 0 Å². The minimum Gasteiger partial charge on any atom is -0.389 e. The second-order valence-corrected chi connectivity index (χ2v) is 4.83. The molecule has 0 bridgehead atoms. The van der Waals surface area contributed by atoms with Crippen LogP contribution in [0.4, 0.5) is 0 Å². The van der Waals surface area contributed by atoms with E-state index in [2.05, 4.69) is 4.74 Å². The van der Waals surface area contributed by atoms with Crippen LogP contribution in [0.2, 0.25) is 0 Å². The number of fused-ring (bicyclic) bond motifs is 2. The molecule has 1 saturated carbocycles. The Kier molecular flexibility index (Phi) is 1.94. The molecule has 3 atom stereocenters. The summed E-state index contributed by atoms with van der Waals surface area (Å²) in [4.78, 5) is 22.8. The molecule has 0 aromatic heterocycles. The number of hydrogen-bond donors (Lipinski definition) is 0. The molecule has 3 aliphatic rings. The van der Waals surface area contributed by atoms with Crippen molar-refractivity contribution in [2.75, 3.05) is 0 Å². The molecule has 3 nitrogen and oxygen atoms in total. The van der Waals surface area contributed by atoms with Gasteiger partial charge in [-0.05, 0) is 31.1 Å². The summed E-state index contributed by atoms with van der Waals surface area (Å²) in [5.41, 5.74) is 0.642. The van der Waals surface area contributed by atoms with Gasteiger partial charge in [0.2, 0.25) is 0 Å². The molecule has 2 aliphatic carbocycles. The second kappa shape index (κ2) is 3.19. The summed E-state index contributed by atoms with van der Waals surface area (Å²) in [7, 11) is 0. The van der Waals surface area contributed by atoms with Crippen molar-refractivity contribution in [2.45, 2.75) is 32.1 Å². The van der Waals surface area contributed by atoms with Gasteiger partial charge in [-0.3, -0.25) is 4.79 Å². The maximum atomic E-state index is 11.4. The highest BCUT2D eigenvalue weighted by Crippen LogP contribution is 2.44. The lowest BCUT2D eigenvalue weighted by Gasteiger charge is -2.34. The van der Waals surface area contributed by atoms with Crippen molar-refractivity contribution in [2.24, 2.45) is 17.8 Å². The van der Waals surface area contributed by atoms with Gasteiger partial charge in [0.1, 0.15) is 0 Å². The predicted octanol–water partition coefficient (Wildman–Crippen LogP) is 1.82. The first-order valence-corrected chi connectivity index (χ1v) is 5.73. The molecule has 80 valence electrons. The van der Waals surface area contributed by atoms with Crippen LogP contribution in [0, 0.1) is 17.8 Å². The number of esters is 2. The first-order valence-electron chi connectivity index (χ1n) is 5.73. The van der Waals surface area contributed by atoms with E-state index < -0.39 is 5.97 Å². The van der Waals surface area contributed by atoms with Gasteiger partial charge in [-0.2, -0.15) is 0 Å². The SMILES string of the molecule is O=C1OC(=O)C2CC3CCCCC3C=C12. The van der Waals surface area contributed by atoms with Crippen molar-refractivity contribution in [3.05, 3.63) is 11.6 Å². The van der Waals surface area contributed by atoms with Gasteiger partial charge in [-0.15, -0.1) is 0 Å². The molecule has 15 heavy (non-hydrogen) atoms. The fourth-order valence-electron chi connectivity index (χ4n) is 3.18. The minimum absolute atomic E-state index is 0.239. The summed E-state index contributed by atoms with van der Waals surface area (Å²) in [5.74, 6) is 0.163. The first-order chi connectivity index (χ1) is 7.25. The van der Waals surface area contributed by atoms with Gasteiger partial charge in [0.25, 0.3) is 0 Å². The molecule has 0 aromatic rings. The summed E-state index contributed by atoms with van der Waals surface area (Å²) in [6, 6.07) is 0. The number of cyclic esters (lactones) is 2. The third-order valence-electron chi connectivity index (χ3n) is 3.99. The molecule has 3 heteroatoms. The maximum Gasteiger partial charge on any atom is 0.342 e. The lowest BCUT2D eigenvalue weighted by molar-refractivity contribution is -0.152. The highest BCUT2D eigenvalue weighted by atomic mass is 16.6. The highest BCUT2D eigenvalue weighted by molar-refractivity contribution is 6.07. The average Bonchev–Trinajstić information content (AvgIpc) is 2.52. The molecule has 0 radical (unpaired) electrons. The van der Waals surface area contributed by atoms with E-state index in [-0.39, 0.29) is 11.9 Å². The van der Waals surface area contributed by atoms with E-state index in [1.807, 2.05) is 6.08 Å². The number of ether oxygens (including phenoxy) is 1. The molecular weight excluding hydrogens is 192 g/mol. The van der Waals surface area contributed by atoms with E-state index in [0.717, 1.165) is 6.42 Å². The van der Waals surface area contributed by atoms with E-state index in [0.29, 0.717) is 17.4 Å². The Morgan fingerprint density at radius 2 is 2.00 bits per heavy atom. The Morgan fingerprint density at radius 3 is 2.87 bits per heavy atom. The topological polar surface area (TPSA) is 43.4 Å². The summed E-state index contributed by atoms with van der Waals surface area (Å²) in [6.45, 7) is 0. The third kappa shape index (κ3) is 1.33. The minimum atomic E-state index is -0.394. The van der Waals surface area contributed by atoms with Gasteiger partial charge < -0.3 is 4.74 Å². The normalized spacial score (nSPS) is 39.2. The largest absolute Gasteiger partial charge is 0.389 e. The van der Waals surface area contributed by atoms with Crippen molar-refractivity contribution >= 4 is 11.9 Å². The predicted molar refractivity (Wildman–Crippen MR) is 52.7 cm³/mol. The average molecular weight is 206 g/mol. The van der Waals surface area contributed by atoms with Gasteiger partial charge in [0, 0.05) is 5.57 Å². The van der Waals surface area contributed by atoms with Gasteiger partial charge in [0.15, 0.2) is 0 Å². The van der Waals surface area contributed by atoms with Crippen molar-refractivity contribution in [3.8, 4) is 0 Å². The van der Waals surface area contributed by atoms with Crippen LogP contribution in [0.15, 0.2) is 11.6 Å². The zero-order valence-electron chi connectivity index (χ0n) is 8.57. The van der Waals surface area contributed by atoms with Crippen LogP contribution in [0.1, 0.15) is 32.1 Å². The standard InChI is InChI=1S/C12H14O3/c13-11-9-5-7-3-1-2-4-8(7)6-10(9)12(14)15-11/h5,7-8,10H,1-4,6H2. The Hall–Kier alpha value is -1.12. The lowest BCUT2D eigenvalue weighted by Crippen LogP contribution is -2.28. The Balaban J connectivity index is 1.94. The Bertz CT molecular complexity index is 356. The van der Waals surface area contributed by atoms with Crippen LogP contribution in [0.5, 0.6) is 0 Å². The Labute approximate surface area is 88.5 Å². The van der Waals surface area contributed by atoms with Gasteiger partial charge in [0.05, 0.1) is 5.92 Å². The molecule has 1 saturated heterocycles. The number of hydrogen-bond acceptors (Lipinski definition) is 3. The van der Waals surface area contributed by atoms with Crippen molar-refractivity contribution in [1.29, 1.82) is 0 Å². The second-order valence-electron chi connectivity index (χ2n) is 4.83. The molecular formula is C12H14O3. The number of rotatable bonds is 0. The fourth-order valence-corrected chi connectivity index (χ4v) is 3.18. The summed E-state index contributed by atoms with van der Waals surface area (Å²) >= 11 is 0. The molecule has 1 aliphatic heterocycles. The summed E-state index contributed by atoms with van der Waals surface area (Å²) < 4.78 is 4.67. The third-order valence-corrected chi connectivity index (χ3v) is 3.99. The molecule has 0 spiro atoms. The van der Waals surface area contributed by atoms with Gasteiger partial charge >= 0.3 is 11.9 Å². The summed E-state index contributed by atoms with van der Waals surface area (Å²) in [6.07, 6.45) is 7.74. The van der Waals surface area contributed by atoms with Crippen LogP contribution in [-0.2, 0) is 14.3 Å². The van der Waals surface area contributed by atoms with Crippen molar-refractivity contribution in [1.82, 2.24) is 0 Å². The first kappa shape index (κ1) is 9.13. The van der Waals surface area contributed by atoms with Crippen LogP contribution >= 0.6 is 0 Å². The van der Waals surface area contributed by atoms with E-state index in [1.165, 1.54) is 25.7 Å². The van der Waals surface area contributed by atoms with Crippen LogP contribution in [-0.4, -0.2) is 11.9 Å². The number of carbonyl (C=O) groups excluding carboxylic acids is 2. The zero-order chi connectivity index (χ0) is 10.4. The highest BCUT2D eigenvalue weighted by Gasteiger charge is 2.45. The smallest absolute Gasteiger partial charge is 0.342 e. The van der Waals surface area contributed by atoms with Crippen molar-refractivity contribution in [3.63, 3.8) is 0 Å². The van der Waals surface area contributed by atoms with E-state index in [1.54, 1.807) is 0 Å². The maximum absolute atomic E-state index is 11.4. The molecule has 3 unspecified atom stereocenters. The van der Waals surface area contributed by atoms with Gasteiger partial charge in [-0.1, -0.05) is 18.9 Å². The van der Waals surface area contributed by atoms with Crippen molar-refractivity contribution < 1.29 is 14.3 Å². The lowest BCUT2D eigenvalue weighted by atomic mass is 9.69. The van der Waals surface area contributed by atoms with E-state index in [4.69, 9.17) is 0 Å². The molecule has 2 fully saturated rings. The van der Waals surface area contributed by atoms with E-state index in [9.17, 15) is 9.59 Å². The molecule has 1 heterocycles. The van der Waals surface area contributed by atoms with Crippen LogP contribution in [0.25, 0.3) is 0 Å². The summed E-state index contributed by atoms with van der Waals surface area (Å²) in [5, 5.41) is 0.